The van der Waals surface area contributed by atoms with Gasteiger partial charge in [0, 0.05) is 17.8 Å². The molecule has 2 aromatic carbocycles. The fraction of sp³-hybridized carbons (Fsp3) is 0.176. The van der Waals surface area contributed by atoms with Gasteiger partial charge in [0.25, 0.3) is 11.6 Å². The second kappa shape index (κ2) is 7.87. The Labute approximate surface area is 139 Å². The van der Waals surface area contributed by atoms with Crippen LogP contribution >= 0.6 is 0 Å². The van der Waals surface area contributed by atoms with E-state index in [1.54, 1.807) is 19.1 Å². The third kappa shape index (κ3) is 4.64. The van der Waals surface area contributed by atoms with E-state index in [9.17, 15) is 14.9 Å². The standard InChI is InChI=1S/C17H18N4O3/c1-12-5-3-4-6-16(12)19-13(2)17(22)20-18-11-14-7-9-15(10-8-14)21(23)24/h3-11,13,19H,1-2H3,(H,20,22)/b18-11+. The number of benzene rings is 2. The summed E-state index contributed by atoms with van der Waals surface area (Å²) in [5.74, 6) is -0.281. The van der Waals surface area contributed by atoms with Crippen molar-refractivity contribution in [3.63, 3.8) is 0 Å². The number of nitrogens with one attached hydrogen (secondary N) is 2. The molecule has 0 saturated heterocycles. The SMILES string of the molecule is Cc1ccccc1NC(C)C(=O)N/N=C/c1ccc([N+](=O)[O-])cc1. The van der Waals surface area contributed by atoms with E-state index in [0.29, 0.717) is 5.56 Å². The zero-order valence-electron chi connectivity index (χ0n) is 13.4. The molecule has 0 spiro atoms. The van der Waals surface area contributed by atoms with Crippen LogP contribution in [0.5, 0.6) is 0 Å². The second-order valence-electron chi connectivity index (χ2n) is 5.26. The first-order valence-corrected chi connectivity index (χ1v) is 7.37. The highest BCUT2D eigenvalue weighted by atomic mass is 16.6. The summed E-state index contributed by atoms with van der Waals surface area (Å²) in [6.45, 7) is 3.70. The van der Waals surface area contributed by atoms with Gasteiger partial charge in [-0.25, -0.2) is 5.43 Å². The van der Waals surface area contributed by atoms with E-state index < -0.39 is 11.0 Å². The van der Waals surface area contributed by atoms with Crippen LogP contribution in [-0.2, 0) is 4.79 Å². The Hall–Kier alpha value is -3.22. The minimum absolute atomic E-state index is 0.00670. The van der Waals surface area contributed by atoms with Gasteiger partial charge in [-0.3, -0.25) is 14.9 Å². The number of rotatable bonds is 6. The van der Waals surface area contributed by atoms with Crippen LogP contribution in [-0.4, -0.2) is 23.1 Å². The van der Waals surface area contributed by atoms with E-state index in [4.69, 9.17) is 0 Å². The molecule has 7 heteroatoms. The lowest BCUT2D eigenvalue weighted by molar-refractivity contribution is -0.384. The Bertz CT molecular complexity index is 757. The number of hydrogen-bond acceptors (Lipinski definition) is 5. The van der Waals surface area contributed by atoms with Crippen molar-refractivity contribution in [3.05, 3.63) is 69.8 Å². The summed E-state index contributed by atoms with van der Waals surface area (Å²) in [5.41, 5.74) is 5.04. The number of nitro benzene ring substituents is 1. The van der Waals surface area contributed by atoms with E-state index in [1.807, 2.05) is 31.2 Å². The normalized spacial score (nSPS) is 11.9. The van der Waals surface area contributed by atoms with Crippen LogP contribution < -0.4 is 10.7 Å². The first-order chi connectivity index (χ1) is 11.5. The summed E-state index contributed by atoms with van der Waals surface area (Å²) < 4.78 is 0. The van der Waals surface area contributed by atoms with Gasteiger partial charge in [-0.2, -0.15) is 5.10 Å². The molecule has 0 aromatic heterocycles. The summed E-state index contributed by atoms with van der Waals surface area (Å²) in [6.07, 6.45) is 1.43. The second-order valence-corrected chi connectivity index (χ2v) is 5.26. The van der Waals surface area contributed by atoms with Gasteiger partial charge in [-0.15, -0.1) is 0 Å². The maximum Gasteiger partial charge on any atom is 0.269 e. The molecule has 0 aliphatic rings. The number of hydrogen-bond donors (Lipinski definition) is 2. The van der Waals surface area contributed by atoms with Crippen molar-refractivity contribution in [2.24, 2.45) is 5.10 Å². The van der Waals surface area contributed by atoms with E-state index in [0.717, 1.165) is 11.3 Å². The van der Waals surface area contributed by atoms with Crippen molar-refractivity contribution in [3.8, 4) is 0 Å². The van der Waals surface area contributed by atoms with E-state index in [2.05, 4.69) is 15.8 Å². The summed E-state index contributed by atoms with van der Waals surface area (Å²) in [5, 5.41) is 17.6. The van der Waals surface area contributed by atoms with Crippen LogP contribution in [0.2, 0.25) is 0 Å². The Morgan fingerprint density at radius 2 is 1.88 bits per heavy atom. The molecule has 1 amide bonds. The minimum atomic E-state index is -0.471. The van der Waals surface area contributed by atoms with Crippen molar-refractivity contribution < 1.29 is 9.72 Å². The van der Waals surface area contributed by atoms with Crippen LogP contribution in [0.25, 0.3) is 0 Å². The summed E-state index contributed by atoms with van der Waals surface area (Å²) in [7, 11) is 0. The van der Waals surface area contributed by atoms with Gasteiger partial charge in [-0.1, -0.05) is 18.2 Å². The van der Waals surface area contributed by atoms with Crippen molar-refractivity contribution >= 4 is 23.5 Å². The molecule has 1 atom stereocenters. The van der Waals surface area contributed by atoms with Gasteiger partial charge in [0.05, 0.1) is 11.1 Å². The summed E-state index contributed by atoms with van der Waals surface area (Å²) in [4.78, 5) is 22.1. The number of anilines is 1. The zero-order chi connectivity index (χ0) is 17.5. The maximum atomic E-state index is 12.0. The fourth-order valence-corrected chi connectivity index (χ4v) is 1.98. The molecular weight excluding hydrogens is 308 g/mol. The number of carbonyl (C=O) groups excluding carboxylic acids is 1. The van der Waals surface area contributed by atoms with Crippen LogP contribution in [0.15, 0.2) is 53.6 Å². The lowest BCUT2D eigenvalue weighted by Gasteiger charge is -2.15. The molecule has 0 bridgehead atoms. The van der Waals surface area contributed by atoms with Crippen molar-refractivity contribution in [2.75, 3.05) is 5.32 Å². The quantitative estimate of drug-likeness (QED) is 0.484. The molecule has 124 valence electrons. The van der Waals surface area contributed by atoms with Crippen LogP contribution in [0, 0.1) is 17.0 Å². The summed E-state index contributed by atoms with van der Waals surface area (Å²) >= 11 is 0. The number of amides is 1. The number of nitrogens with zero attached hydrogens (tertiary/aromatic N) is 2. The van der Waals surface area contributed by atoms with Crippen molar-refractivity contribution in [1.29, 1.82) is 0 Å². The Balaban J connectivity index is 1.89. The predicted molar refractivity (Wildman–Crippen MR) is 93.1 cm³/mol. The highest BCUT2D eigenvalue weighted by Gasteiger charge is 2.12. The third-order valence-corrected chi connectivity index (χ3v) is 3.40. The van der Waals surface area contributed by atoms with Crippen LogP contribution in [0.3, 0.4) is 0 Å². The average Bonchev–Trinajstić information content (AvgIpc) is 2.57. The topological polar surface area (TPSA) is 96.6 Å². The molecule has 0 aliphatic heterocycles. The first kappa shape index (κ1) is 17.1. The Morgan fingerprint density at radius 1 is 1.21 bits per heavy atom. The molecule has 2 rings (SSSR count). The largest absolute Gasteiger partial charge is 0.374 e. The number of para-hydroxylation sites is 1. The molecule has 2 aromatic rings. The lowest BCUT2D eigenvalue weighted by Crippen LogP contribution is -2.35. The molecule has 0 fully saturated rings. The number of aryl methyl sites for hydroxylation is 1. The molecule has 1 unspecified atom stereocenters. The smallest absolute Gasteiger partial charge is 0.269 e. The van der Waals surface area contributed by atoms with Crippen LogP contribution in [0.1, 0.15) is 18.1 Å². The van der Waals surface area contributed by atoms with Gasteiger partial charge in [0.1, 0.15) is 6.04 Å². The molecule has 0 aliphatic carbocycles. The molecule has 2 N–H and O–H groups in total. The Kier molecular flexibility index (Phi) is 5.62. The van der Waals surface area contributed by atoms with Gasteiger partial charge >= 0.3 is 0 Å². The number of carbonyl (C=O) groups is 1. The van der Waals surface area contributed by atoms with Gasteiger partial charge in [-0.05, 0) is 43.2 Å². The number of non-ortho nitro benzene ring substituents is 1. The third-order valence-electron chi connectivity index (χ3n) is 3.40. The molecule has 7 nitrogen and oxygen atoms in total. The molecule has 24 heavy (non-hydrogen) atoms. The fourth-order valence-electron chi connectivity index (χ4n) is 1.98. The van der Waals surface area contributed by atoms with E-state index >= 15 is 0 Å². The van der Waals surface area contributed by atoms with E-state index in [1.165, 1.54) is 18.3 Å². The van der Waals surface area contributed by atoms with Gasteiger partial charge in [0.15, 0.2) is 0 Å². The molecule has 0 saturated carbocycles. The summed E-state index contributed by atoms with van der Waals surface area (Å²) in [6, 6.07) is 13.1. The maximum absolute atomic E-state index is 12.0. The van der Waals surface area contributed by atoms with Crippen molar-refractivity contribution in [1.82, 2.24) is 5.43 Å². The minimum Gasteiger partial charge on any atom is -0.374 e. The van der Waals surface area contributed by atoms with Gasteiger partial charge < -0.3 is 5.32 Å². The van der Waals surface area contributed by atoms with Crippen molar-refractivity contribution in [2.45, 2.75) is 19.9 Å². The highest BCUT2D eigenvalue weighted by Crippen LogP contribution is 2.14. The van der Waals surface area contributed by atoms with Crippen LogP contribution in [0.4, 0.5) is 11.4 Å². The first-order valence-electron chi connectivity index (χ1n) is 7.37. The zero-order valence-corrected chi connectivity index (χ0v) is 13.4. The monoisotopic (exact) mass is 326 g/mol. The molecule has 0 radical (unpaired) electrons. The molecule has 0 heterocycles. The van der Waals surface area contributed by atoms with E-state index in [-0.39, 0.29) is 11.6 Å². The van der Waals surface area contributed by atoms with Gasteiger partial charge in [0.2, 0.25) is 0 Å². The number of hydrazone groups is 1. The predicted octanol–water partition coefficient (Wildman–Crippen LogP) is 2.85. The average molecular weight is 326 g/mol. The number of nitro groups is 1. The highest BCUT2D eigenvalue weighted by molar-refractivity contribution is 5.86. The lowest BCUT2D eigenvalue weighted by atomic mass is 10.2. The Morgan fingerprint density at radius 3 is 2.50 bits per heavy atom. The molecular formula is C17H18N4O3.